The number of hydrogen-bond donors (Lipinski definition) is 2. The summed E-state index contributed by atoms with van der Waals surface area (Å²) in [5.41, 5.74) is 3.26. The quantitative estimate of drug-likeness (QED) is 0.553. The van der Waals surface area contributed by atoms with Crippen LogP contribution in [0, 0.1) is 6.92 Å². The van der Waals surface area contributed by atoms with Crippen LogP contribution in [0.15, 0.2) is 78.9 Å². The minimum absolute atomic E-state index is 0.289. The van der Waals surface area contributed by atoms with Crippen LogP contribution in [0.4, 0.5) is 5.69 Å². The van der Waals surface area contributed by atoms with E-state index in [-0.39, 0.29) is 5.91 Å². The molecule has 0 radical (unpaired) electrons. The number of aryl methyl sites for hydroxylation is 1. The van der Waals surface area contributed by atoms with E-state index in [0.29, 0.717) is 17.7 Å². The van der Waals surface area contributed by atoms with Crippen molar-refractivity contribution in [2.45, 2.75) is 18.9 Å². The third-order valence-corrected chi connectivity index (χ3v) is 5.86. The van der Waals surface area contributed by atoms with Crippen molar-refractivity contribution in [2.75, 3.05) is 11.4 Å². The Balaban J connectivity index is 1.62. The fraction of sp³-hybridized carbons (Fsp3) is 0.160. The normalized spacial score (nSPS) is 18.4. The molecule has 0 fully saturated rings. The van der Waals surface area contributed by atoms with E-state index in [0.717, 1.165) is 34.3 Å². The number of benzene rings is 3. The van der Waals surface area contributed by atoms with Crippen LogP contribution >= 0.6 is 0 Å². The van der Waals surface area contributed by atoms with Crippen LogP contribution in [0.25, 0.3) is 10.9 Å². The van der Waals surface area contributed by atoms with Gasteiger partial charge in [0, 0.05) is 34.3 Å². The number of fused-ring (bicyclic) bond motifs is 2. The lowest BCUT2D eigenvalue weighted by Gasteiger charge is -2.24. The van der Waals surface area contributed by atoms with Crippen molar-refractivity contribution in [2.24, 2.45) is 0 Å². The first-order chi connectivity index (χ1) is 14.1. The van der Waals surface area contributed by atoms with Crippen molar-refractivity contribution in [1.29, 1.82) is 0 Å². The van der Waals surface area contributed by atoms with Crippen molar-refractivity contribution in [3.05, 3.63) is 101 Å². The maximum Gasteiger partial charge on any atom is 0.268 e. The summed E-state index contributed by atoms with van der Waals surface area (Å²) < 4.78 is 0. The van der Waals surface area contributed by atoms with Crippen LogP contribution in [0.2, 0.25) is 0 Å². The molecule has 1 unspecified atom stereocenters. The average Bonchev–Trinajstić information content (AvgIpc) is 3.20. The first-order valence-corrected chi connectivity index (χ1v) is 9.86. The standard InChI is InChI=1S/C25H22N2O2/c1-17-23(19-11-5-7-13-21(19)26-17)25(29)20-12-6-8-14-22(20)27(24(25)28)16-15-18-9-3-2-4-10-18/h2-14,26,29H,15-16H2,1H3. The molecule has 144 valence electrons. The number of H-pyrrole nitrogens is 1. The lowest BCUT2D eigenvalue weighted by atomic mass is 9.85. The summed E-state index contributed by atoms with van der Waals surface area (Å²) >= 11 is 0. The lowest BCUT2D eigenvalue weighted by molar-refractivity contribution is -0.132. The molecular formula is C25H22N2O2. The number of nitrogens with one attached hydrogen (secondary N) is 1. The van der Waals surface area contributed by atoms with Gasteiger partial charge < -0.3 is 15.0 Å². The van der Waals surface area contributed by atoms with Gasteiger partial charge in [-0.1, -0.05) is 66.7 Å². The highest BCUT2D eigenvalue weighted by Crippen LogP contribution is 2.47. The van der Waals surface area contributed by atoms with Gasteiger partial charge in [0.15, 0.2) is 5.60 Å². The van der Waals surface area contributed by atoms with Gasteiger partial charge in [0.05, 0.1) is 5.69 Å². The topological polar surface area (TPSA) is 56.3 Å². The third-order valence-electron chi connectivity index (χ3n) is 5.86. The largest absolute Gasteiger partial charge is 0.372 e. The fourth-order valence-electron chi connectivity index (χ4n) is 4.53. The smallest absolute Gasteiger partial charge is 0.268 e. The molecule has 5 rings (SSSR count). The summed E-state index contributed by atoms with van der Waals surface area (Å²) in [4.78, 5) is 18.7. The van der Waals surface area contributed by atoms with E-state index >= 15 is 0 Å². The molecule has 0 saturated heterocycles. The second kappa shape index (κ2) is 6.61. The molecule has 3 aromatic carbocycles. The van der Waals surface area contributed by atoms with Gasteiger partial charge in [-0.3, -0.25) is 4.79 Å². The molecule has 1 atom stereocenters. The Kier molecular flexibility index (Phi) is 4.03. The Morgan fingerprint density at radius 3 is 2.45 bits per heavy atom. The minimum Gasteiger partial charge on any atom is -0.372 e. The highest BCUT2D eigenvalue weighted by molar-refractivity contribution is 6.11. The summed E-state index contributed by atoms with van der Waals surface area (Å²) in [6.45, 7) is 2.43. The molecule has 1 amide bonds. The van der Waals surface area contributed by atoms with E-state index in [2.05, 4.69) is 17.1 Å². The molecule has 2 heterocycles. The number of aromatic nitrogens is 1. The zero-order valence-corrected chi connectivity index (χ0v) is 16.2. The minimum atomic E-state index is -1.70. The van der Waals surface area contributed by atoms with E-state index in [4.69, 9.17) is 0 Å². The Bertz CT molecular complexity index is 1210. The molecule has 4 heteroatoms. The molecule has 1 aromatic heterocycles. The van der Waals surface area contributed by atoms with Crippen LogP contribution in [0.5, 0.6) is 0 Å². The van der Waals surface area contributed by atoms with Crippen LogP contribution in [0.1, 0.15) is 22.4 Å². The maximum absolute atomic E-state index is 13.7. The zero-order chi connectivity index (χ0) is 20.0. The predicted molar refractivity (Wildman–Crippen MR) is 115 cm³/mol. The predicted octanol–water partition coefficient (Wildman–Crippen LogP) is 4.30. The molecule has 29 heavy (non-hydrogen) atoms. The van der Waals surface area contributed by atoms with Crippen molar-refractivity contribution < 1.29 is 9.90 Å². The molecule has 1 aliphatic rings. The highest BCUT2D eigenvalue weighted by Gasteiger charge is 2.52. The Hall–Kier alpha value is -3.37. The van der Waals surface area contributed by atoms with Crippen LogP contribution in [0.3, 0.4) is 0 Å². The monoisotopic (exact) mass is 382 g/mol. The maximum atomic E-state index is 13.7. The molecular weight excluding hydrogens is 360 g/mol. The fourth-order valence-corrected chi connectivity index (χ4v) is 4.53. The summed E-state index contributed by atoms with van der Waals surface area (Å²) in [5, 5.41) is 12.8. The molecule has 0 saturated carbocycles. The highest BCUT2D eigenvalue weighted by atomic mass is 16.3. The van der Waals surface area contributed by atoms with Gasteiger partial charge >= 0.3 is 0 Å². The molecule has 0 bridgehead atoms. The molecule has 4 nitrogen and oxygen atoms in total. The summed E-state index contributed by atoms with van der Waals surface area (Å²) in [6, 6.07) is 25.5. The molecule has 0 spiro atoms. The van der Waals surface area contributed by atoms with Crippen LogP contribution < -0.4 is 4.90 Å². The van der Waals surface area contributed by atoms with Crippen molar-refractivity contribution >= 4 is 22.5 Å². The number of anilines is 1. The van der Waals surface area contributed by atoms with Crippen molar-refractivity contribution in [3.8, 4) is 0 Å². The van der Waals surface area contributed by atoms with Gasteiger partial charge in [-0.15, -0.1) is 0 Å². The first kappa shape index (κ1) is 17.7. The molecule has 1 aliphatic heterocycles. The van der Waals surface area contributed by atoms with Crippen LogP contribution in [-0.2, 0) is 16.8 Å². The Labute approximate surface area is 169 Å². The van der Waals surface area contributed by atoms with E-state index in [1.807, 2.05) is 73.7 Å². The number of amides is 1. The number of nitrogens with zero attached hydrogens (tertiary/aromatic N) is 1. The summed E-state index contributed by atoms with van der Waals surface area (Å²) in [7, 11) is 0. The number of aromatic amines is 1. The number of para-hydroxylation sites is 2. The van der Waals surface area contributed by atoms with Crippen molar-refractivity contribution in [1.82, 2.24) is 4.98 Å². The third kappa shape index (κ3) is 2.60. The van der Waals surface area contributed by atoms with Gasteiger partial charge in [0.2, 0.25) is 0 Å². The van der Waals surface area contributed by atoms with Gasteiger partial charge in [-0.05, 0) is 31.0 Å². The number of aliphatic hydroxyl groups is 1. The van der Waals surface area contributed by atoms with E-state index in [1.54, 1.807) is 4.90 Å². The molecule has 4 aromatic rings. The van der Waals surface area contributed by atoms with Gasteiger partial charge in [-0.2, -0.15) is 0 Å². The zero-order valence-electron chi connectivity index (χ0n) is 16.2. The Morgan fingerprint density at radius 2 is 1.62 bits per heavy atom. The summed E-state index contributed by atoms with van der Waals surface area (Å²) in [5.74, 6) is -0.289. The number of rotatable bonds is 4. The van der Waals surface area contributed by atoms with Gasteiger partial charge in [0.1, 0.15) is 0 Å². The second-order valence-corrected chi connectivity index (χ2v) is 7.59. The van der Waals surface area contributed by atoms with Gasteiger partial charge in [-0.25, -0.2) is 0 Å². The number of carbonyl (C=O) groups is 1. The lowest BCUT2D eigenvalue weighted by Crippen LogP contribution is -2.42. The number of carbonyl (C=O) groups excluding carboxylic acids is 1. The van der Waals surface area contributed by atoms with E-state index in [9.17, 15) is 9.90 Å². The average molecular weight is 382 g/mol. The second-order valence-electron chi connectivity index (χ2n) is 7.59. The van der Waals surface area contributed by atoms with E-state index in [1.165, 1.54) is 0 Å². The first-order valence-electron chi connectivity index (χ1n) is 9.86. The van der Waals surface area contributed by atoms with Crippen LogP contribution in [-0.4, -0.2) is 22.5 Å². The van der Waals surface area contributed by atoms with E-state index < -0.39 is 5.60 Å². The Morgan fingerprint density at radius 1 is 0.931 bits per heavy atom. The molecule has 0 aliphatic carbocycles. The van der Waals surface area contributed by atoms with Gasteiger partial charge in [0.25, 0.3) is 5.91 Å². The SMILES string of the molecule is Cc1[nH]c2ccccc2c1C1(O)C(=O)N(CCc2ccccc2)c2ccccc21. The van der Waals surface area contributed by atoms with Crippen molar-refractivity contribution in [3.63, 3.8) is 0 Å². The summed E-state index contributed by atoms with van der Waals surface area (Å²) in [6.07, 6.45) is 0.726. The number of hydrogen-bond acceptors (Lipinski definition) is 2. The molecule has 2 N–H and O–H groups in total.